The van der Waals surface area contributed by atoms with Crippen LogP contribution in [0.5, 0.6) is 0 Å². The summed E-state index contributed by atoms with van der Waals surface area (Å²) in [5, 5.41) is 0. The molecule has 30 heavy (non-hydrogen) atoms. The third-order valence-electron chi connectivity index (χ3n) is 6.06. The minimum Gasteiger partial charge on any atom is -0.369 e. The van der Waals surface area contributed by atoms with Crippen molar-refractivity contribution in [2.75, 3.05) is 0 Å². The Morgan fingerprint density at radius 3 is 2.50 bits per heavy atom. The highest BCUT2D eigenvalue weighted by Gasteiger charge is 2.39. The van der Waals surface area contributed by atoms with Crippen molar-refractivity contribution >= 4 is 16.9 Å². The quantitative estimate of drug-likeness (QED) is 0.585. The van der Waals surface area contributed by atoms with Gasteiger partial charge in [-0.05, 0) is 42.4 Å². The highest BCUT2D eigenvalue weighted by Crippen LogP contribution is 2.40. The molecular weight excluding hydrogens is 407 g/mol. The molecule has 1 fully saturated rings. The minimum atomic E-state index is -4.51. The van der Waals surface area contributed by atoms with E-state index in [9.17, 15) is 26.7 Å². The Morgan fingerprint density at radius 2 is 1.93 bits per heavy atom. The van der Waals surface area contributed by atoms with Crippen molar-refractivity contribution < 1.29 is 26.7 Å². The summed E-state index contributed by atoms with van der Waals surface area (Å²) in [5.74, 6) is -5.49. The Hall–Kier alpha value is -2.23. The van der Waals surface area contributed by atoms with E-state index in [0.29, 0.717) is 35.3 Å². The molecule has 1 aliphatic rings. The van der Waals surface area contributed by atoms with E-state index in [-0.39, 0.29) is 18.8 Å². The lowest BCUT2D eigenvalue weighted by molar-refractivity contribution is -0.154. The topological polar surface area (TPSA) is 97.8 Å². The van der Waals surface area contributed by atoms with E-state index in [0.717, 1.165) is 0 Å². The first-order valence-corrected chi connectivity index (χ1v) is 9.85. The number of amides is 1. The van der Waals surface area contributed by atoms with Crippen molar-refractivity contribution in [1.29, 1.82) is 0 Å². The molecule has 1 unspecified atom stereocenters. The van der Waals surface area contributed by atoms with Crippen LogP contribution in [0.3, 0.4) is 0 Å². The van der Waals surface area contributed by atoms with E-state index < -0.39 is 42.3 Å². The van der Waals surface area contributed by atoms with Gasteiger partial charge in [-0.15, -0.1) is 0 Å². The number of fused-ring (bicyclic) bond motifs is 1. The van der Waals surface area contributed by atoms with Gasteiger partial charge in [0.1, 0.15) is 5.82 Å². The second-order valence-electron chi connectivity index (χ2n) is 8.23. The molecule has 10 heteroatoms. The average molecular weight is 432 g/mol. The Labute approximate surface area is 170 Å². The first-order chi connectivity index (χ1) is 13.9. The largest absolute Gasteiger partial charge is 0.389 e. The van der Waals surface area contributed by atoms with Gasteiger partial charge in [0, 0.05) is 12.8 Å². The minimum absolute atomic E-state index is 0.130. The first-order valence-electron chi connectivity index (χ1n) is 9.85. The summed E-state index contributed by atoms with van der Waals surface area (Å²) >= 11 is 0. The molecule has 2 aromatic rings. The van der Waals surface area contributed by atoms with E-state index in [1.807, 2.05) is 0 Å². The molecule has 1 aliphatic carbocycles. The Balaban J connectivity index is 1.81. The molecule has 0 bridgehead atoms. The fourth-order valence-corrected chi connectivity index (χ4v) is 4.14. The Bertz CT molecular complexity index is 900. The van der Waals surface area contributed by atoms with Gasteiger partial charge >= 0.3 is 6.18 Å². The van der Waals surface area contributed by atoms with Crippen molar-refractivity contribution in [2.24, 2.45) is 23.3 Å². The van der Waals surface area contributed by atoms with Gasteiger partial charge in [-0.3, -0.25) is 4.79 Å². The zero-order chi connectivity index (χ0) is 22.3. The van der Waals surface area contributed by atoms with Gasteiger partial charge in [0.05, 0.1) is 29.4 Å². The van der Waals surface area contributed by atoms with E-state index in [1.165, 1.54) is 6.92 Å². The zero-order valence-electron chi connectivity index (χ0n) is 16.5. The number of nitrogens with zero attached hydrogens (tertiary/aromatic N) is 1. The number of nitrogens with one attached hydrogen (secondary N) is 1. The number of primary amides is 1. The summed E-state index contributed by atoms with van der Waals surface area (Å²) in [6, 6.07) is 4.33. The highest BCUT2D eigenvalue weighted by molar-refractivity contribution is 5.79. The SMILES string of the molecule is C[C@H](c1ccc2nc([C@@H](N)C3CCC(F)(F)CC3)[nH]c2c1)C(CC(F)(F)F)C(N)=O. The molecule has 1 saturated carbocycles. The molecule has 166 valence electrons. The van der Waals surface area contributed by atoms with Crippen LogP contribution in [0.25, 0.3) is 11.0 Å². The number of H-pyrrole nitrogens is 1. The fourth-order valence-electron chi connectivity index (χ4n) is 4.14. The number of hydrogen-bond donors (Lipinski definition) is 3. The number of aromatic amines is 1. The van der Waals surface area contributed by atoms with Gasteiger partial charge in [-0.2, -0.15) is 13.2 Å². The third kappa shape index (κ3) is 5.08. The second kappa shape index (κ2) is 8.13. The molecule has 3 atom stereocenters. The number of halogens is 5. The second-order valence-corrected chi connectivity index (χ2v) is 8.23. The first kappa shape index (κ1) is 22.5. The number of rotatable bonds is 6. The third-order valence-corrected chi connectivity index (χ3v) is 6.06. The van der Waals surface area contributed by atoms with Crippen molar-refractivity contribution in [3.05, 3.63) is 29.6 Å². The van der Waals surface area contributed by atoms with Crippen LogP contribution in [0.2, 0.25) is 0 Å². The summed E-state index contributed by atoms with van der Waals surface area (Å²) in [4.78, 5) is 19.1. The predicted octanol–water partition coefficient (Wildman–Crippen LogP) is 4.55. The lowest BCUT2D eigenvalue weighted by Crippen LogP contribution is -2.32. The normalized spacial score (nSPS) is 20.8. The number of carbonyl (C=O) groups is 1. The smallest absolute Gasteiger partial charge is 0.369 e. The predicted molar refractivity (Wildman–Crippen MR) is 102 cm³/mol. The maximum absolute atomic E-state index is 13.4. The zero-order valence-corrected chi connectivity index (χ0v) is 16.5. The van der Waals surface area contributed by atoms with E-state index in [4.69, 9.17) is 11.5 Å². The number of benzene rings is 1. The number of aromatic nitrogens is 2. The number of carbonyl (C=O) groups excluding carboxylic acids is 1. The van der Waals surface area contributed by atoms with Crippen LogP contribution in [0, 0.1) is 11.8 Å². The monoisotopic (exact) mass is 432 g/mol. The molecule has 3 rings (SSSR count). The molecule has 0 spiro atoms. The number of alkyl halides is 5. The van der Waals surface area contributed by atoms with Gasteiger partial charge in [-0.25, -0.2) is 13.8 Å². The Morgan fingerprint density at radius 1 is 1.30 bits per heavy atom. The van der Waals surface area contributed by atoms with Gasteiger partial charge in [0.2, 0.25) is 11.8 Å². The number of hydrogen-bond acceptors (Lipinski definition) is 3. The van der Waals surface area contributed by atoms with Crippen LogP contribution in [-0.4, -0.2) is 28.0 Å². The fraction of sp³-hybridized carbons (Fsp3) is 0.600. The lowest BCUT2D eigenvalue weighted by Gasteiger charge is -2.31. The molecule has 0 aliphatic heterocycles. The van der Waals surface area contributed by atoms with Crippen LogP contribution in [0.15, 0.2) is 18.2 Å². The maximum Gasteiger partial charge on any atom is 0.389 e. The number of nitrogens with two attached hydrogens (primary N) is 2. The average Bonchev–Trinajstić information content (AvgIpc) is 3.07. The Kier molecular flexibility index (Phi) is 6.08. The van der Waals surface area contributed by atoms with Gasteiger partial charge in [0.25, 0.3) is 0 Å². The highest BCUT2D eigenvalue weighted by atomic mass is 19.4. The van der Waals surface area contributed by atoms with Crippen molar-refractivity contribution in [3.63, 3.8) is 0 Å². The lowest BCUT2D eigenvalue weighted by atomic mass is 9.82. The molecular formula is C20H25F5N4O. The molecule has 1 aromatic carbocycles. The molecule has 1 aromatic heterocycles. The molecule has 1 heterocycles. The number of imidazole rings is 1. The summed E-state index contributed by atoms with van der Waals surface area (Å²) < 4.78 is 65.3. The summed E-state index contributed by atoms with van der Waals surface area (Å²) in [7, 11) is 0. The maximum atomic E-state index is 13.4. The van der Waals surface area contributed by atoms with Crippen LogP contribution >= 0.6 is 0 Å². The van der Waals surface area contributed by atoms with Crippen molar-refractivity contribution in [1.82, 2.24) is 9.97 Å². The van der Waals surface area contributed by atoms with Crippen LogP contribution in [0.4, 0.5) is 22.0 Å². The van der Waals surface area contributed by atoms with E-state index in [1.54, 1.807) is 18.2 Å². The summed E-state index contributed by atoms with van der Waals surface area (Å²) in [5.41, 5.74) is 13.1. The molecule has 0 saturated heterocycles. The standard InChI is InChI=1S/C20H25F5N4O/c1-10(13(17(27)30)9-20(23,24)25)12-2-3-14-15(8-12)29-18(28-14)16(26)11-4-6-19(21,22)7-5-11/h2-3,8,10-11,13,16H,4-7,9,26H2,1H3,(H2,27,30)(H,28,29)/t10-,13?,16+/m1/s1. The molecule has 5 nitrogen and oxygen atoms in total. The van der Waals surface area contributed by atoms with Crippen LogP contribution in [0.1, 0.15) is 62.4 Å². The molecule has 0 radical (unpaired) electrons. The molecule has 1 amide bonds. The van der Waals surface area contributed by atoms with E-state index >= 15 is 0 Å². The van der Waals surface area contributed by atoms with Gasteiger partial charge in [0.15, 0.2) is 0 Å². The summed E-state index contributed by atoms with van der Waals surface area (Å²) in [6.45, 7) is 1.52. The van der Waals surface area contributed by atoms with Crippen molar-refractivity contribution in [2.45, 2.75) is 63.1 Å². The summed E-state index contributed by atoms with van der Waals surface area (Å²) in [6.07, 6.45) is -5.63. The van der Waals surface area contributed by atoms with Crippen molar-refractivity contribution in [3.8, 4) is 0 Å². The van der Waals surface area contributed by atoms with Gasteiger partial charge < -0.3 is 16.5 Å². The van der Waals surface area contributed by atoms with Crippen LogP contribution in [-0.2, 0) is 4.79 Å². The van der Waals surface area contributed by atoms with E-state index in [2.05, 4.69) is 9.97 Å². The van der Waals surface area contributed by atoms with Gasteiger partial charge in [-0.1, -0.05) is 13.0 Å². The molecule has 5 N–H and O–H groups in total. The van der Waals surface area contributed by atoms with Crippen LogP contribution < -0.4 is 11.5 Å².